The molecular formula is C62H95N12O7+. The highest BCUT2D eigenvalue weighted by Gasteiger charge is 2.56. The van der Waals surface area contributed by atoms with Crippen molar-refractivity contribution in [3.63, 3.8) is 0 Å². The van der Waals surface area contributed by atoms with Gasteiger partial charge in [-0.1, -0.05) is 47.0 Å². The van der Waals surface area contributed by atoms with Crippen LogP contribution in [0, 0.1) is 16.2 Å². The van der Waals surface area contributed by atoms with E-state index in [1.807, 2.05) is 6.20 Å². The summed E-state index contributed by atoms with van der Waals surface area (Å²) in [7, 11) is 1.76. The lowest BCUT2D eigenvalue weighted by atomic mass is 9.81. The normalized spacial score (nSPS) is 28.5. The SMILES string of the molecule is CCn1c(-c2cc(N3CCN(C4CC4)CC3)cnc2[C@H](C)OC)c2c3cc(ccc31)N1CCO[C@H](C1)[C@@H](N1CCOCC1)[C@H](NC(=O)[C@H](C(C)C)N1CCCC13CN(C1CCCCC1)C3)C(=O)N1CCC[C@H](N1)[N+](=O)OCC(C)(C)C2. The molecule has 19 heteroatoms. The fraction of sp³-hybridized carbons (Fsp3) is 0.758. The van der Waals surface area contributed by atoms with Crippen LogP contribution in [0.2, 0.25) is 0 Å². The first-order valence-corrected chi connectivity index (χ1v) is 31.6. The number of piperazine rings is 1. The number of amides is 2. The first kappa shape index (κ1) is 57.0. The number of aryl methyl sites for hydroxylation is 1. The van der Waals surface area contributed by atoms with Gasteiger partial charge in [0, 0.05) is 137 Å². The largest absolute Gasteiger partial charge is 0.379 e. The van der Waals surface area contributed by atoms with Gasteiger partial charge in [-0.2, -0.15) is 5.43 Å². The van der Waals surface area contributed by atoms with Crippen LogP contribution in [0.25, 0.3) is 22.2 Å². The van der Waals surface area contributed by atoms with Crippen LogP contribution < -0.4 is 20.5 Å². The zero-order valence-electron chi connectivity index (χ0n) is 49.9. The fourth-order valence-corrected chi connectivity index (χ4v) is 15.7. The molecule has 2 N–H and O–H groups in total. The molecule has 12 rings (SSSR count). The van der Waals surface area contributed by atoms with E-state index in [1.54, 1.807) is 12.1 Å². The summed E-state index contributed by atoms with van der Waals surface area (Å²) in [6.45, 7) is 24.9. The summed E-state index contributed by atoms with van der Waals surface area (Å²) in [4.78, 5) is 73.3. The highest BCUT2D eigenvalue weighted by atomic mass is 16.8. The minimum Gasteiger partial charge on any atom is -0.379 e. The maximum Gasteiger partial charge on any atom is 0.326 e. The number of carbonyl (C=O) groups excluding carboxylic acids is 2. The smallest absolute Gasteiger partial charge is 0.326 e. The summed E-state index contributed by atoms with van der Waals surface area (Å²) >= 11 is 0. The van der Waals surface area contributed by atoms with Crippen LogP contribution in [-0.4, -0.2) is 211 Å². The van der Waals surface area contributed by atoms with Crippen LogP contribution in [0.15, 0.2) is 30.5 Å². The molecule has 6 bridgehead atoms. The van der Waals surface area contributed by atoms with Gasteiger partial charge in [0.05, 0.1) is 72.3 Å². The zero-order chi connectivity index (χ0) is 56.2. The number of anilines is 2. The number of likely N-dealkylation sites (tertiary alicyclic amines) is 2. The average Bonchev–Trinajstić information content (AvgIpc) is 4.29. The lowest BCUT2D eigenvalue weighted by Crippen LogP contribution is -2.74. The van der Waals surface area contributed by atoms with Crippen LogP contribution in [0.5, 0.6) is 0 Å². The number of pyridine rings is 1. The van der Waals surface area contributed by atoms with Crippen molar-refractivity contribution < 1.29 is 33.6 Å². The minimum atomic E-state index is -1.00. The Morgan fingerprint density at radius 3 is 2.35 bits per heavy atom. The third-order valence-electron chi connectivity index (χ3n) is 20.2. The third kappa shape index (κ3) is 11.5. The molecule has 6 atom stereocenters. The van der Waals surface area contributed by atoms with Crippen molar-refractivity contribution >= 4 is 34.1 Å². The van der Waals surface area contributed by atoms with Gasteiger partial charge in [0.1, 0.15) is 6.04 Å². The van der Waals surface area contributed by atoms with Crippen molar-refractivity contribution in [3.05, 3.63) is 46.6 Å². The number of ether oxygens (including phenoxy) is 3. The molecule has 6 saturated heterocycles. The number of hydrogen-bond donors (Lipinski definition) is 2. The molecule has 19 nitrogen and oxygen atoms in total. The Labute approximate surface area is 481 Å². The summed E-state index contributed by atoms with van der Waals surface area (Å²) in [6.07, 6.45) is 13.4. The number of methoxy groups -OCH3 is 1. The maximum atomic E-state index is 15.8. The molecule has 1 spiro atoms. The van der Waals surface area contributed by atoms with Gasteiger partial charge in [0.15, 0.2) is 6.61 Å². The van der Waals surface area contributed by atoms with Gasteiger partial charge in [-0.25, -0.2) is 4.84 Å². The molecule has 7 aliphatic heterocycles. The summed E-state index contributed by atoms with van der Waals surface area (Å²) in [6, 6.07) is 8.64. The number of aromatic nitrogens is 2. The van der Waals surface area contributed by atoms with E-state index in [4.69, 9.17) is 24.0 Å². The van der Waals surface area contributed by atoms with Gasteiger partial charge in [-0.3, -0.25) is 39.2 Å². The number of carbonyl (C=O) groups is 2. The molecule has 8 fully saturated rings. The molecule has 2 saturated carbocycles. The van der Waals surface area contributed by atoms with Crippen molar-refractivity contribution in [1.82, 2.24) is 44.9 Å². The number of nitrogens with one attached hydrogen (secondary N) is 2. The number of nitrogens with zero attached hydrogens (tertiary/aromatic N) is 10. The predicted octanol–water partition coefficient (Wildman–Crippen LogP) is 6.36. The van der Waals surface area contributed by atoms with E-state index in [9.17, 15) is 4.91 Å². The number of rotatable bonds is 12. The van der Waals surface area contributed by atoms with Crippen molar-refractivity contribution in [2.24, 2.45) is 11.3 Å². The standard InChI is InChI=1S/C62H94N12O7/c1-8-71-51-20-19-46-34-48(51)50(57(71)49-35-47(37-63-54(49)43(4)78-7)67-26-24-66(25-27-67)45-17-18-45)36-61(5,6)41-81-74(77)53-16-12-23-73(65-53)60(76)55(58(68-28-31-79-32-29-68)52-38-69(46)30-33-80-52)64-59(75)56(42(2)3)72-22-13-21-62(72)39-70(40-62)44-14-10-9-11-15-44/h19-20,34-35,37,42-45,52-53,55-56,58,65H,8-18,21-33,36,38-41H2,1-7H3/p+1/t43-,52+,53+,55-,56-,58+/m0/s1. The Hall–Kier alpha value is -4.47. The molecular weight excluding hydrogens is 1020 g/mol. The molecule has 3 aromatic rings. The van der Waals surface area contributed by atoms with Gasteiger partial charge >= 0.3 is 6.17 Å². The Morgan fingerprint density at radius 1 is 0.852 bits per heavy atom. The first-order valence-electron chi connectivity index (χ1n) is 31.6. The summed E-state index contributed by atoms with van der Waals surface area (Å²) < 4.78 is 21.5. The van der Waals surface area contributed by atoms with Crippen LogP contribution in [0.3, 0.4) is 0 Å². The second-order valence-electron chi connectivity index (χ2n) is 26.6. The summed E-state index contributed by atoms with van der Waals surface area (Å²) in [5, 5.41) is 6.27. The zero-order valence-corrected chi connectivity index (χ0v) is 49.9. The monoisotopic (exact) mass is 1120 g/mol. The molecule has 0 radical (unpaired) electrons. The lowest BCUT2D eigenvalue weighted by molar-refractivity contribution is -0.835. The van der Waals surface area contributed by atoms with E-state index >= 15 is 9.59 Å². The molecule has 9 aliphatic rings. The van der Waals surface area contributed by atoms with E-state index in [0.29, 0.717) is 82.8 Å². The van der Waals surface area contributed by atoms with Crippen molar-refractivity contribution in [2.45, 2.75) is 179 Å². The Bertz CT molecular complexity index is 2720. The molecule has 2 amide bonds. The number of morpholine rings is 2. The molecule has 1 aromatic carbocycles. The maximum absolute atomic E-state index is 15.8. The number of benzene rings is 1. The van der Waals surface area contributed by atoms with E-state index < -0.39 is 35.8 Å². The van der Waals surface area contributed by atoms with E-state index in [2.05, 4.69) is 111 Å². The van der Waals surface area contributed by atoms with Gasteiger partial charge in [-0.05, 0) is 108 Å². The topological polar surface area (TPSA) is 156 Å². The van der Waals surface area contributed by atoms with Gasteiger partial charge < -0.3 is 33.9 Å². The van der Waals surface area contributed by atoms with Crippen LogP contribution in [0.1, 0.15) is 130 Å². The van der Waals surface area contributed by atoms with Gasteiger partial charge in [0.25, 0.3) is 5.91 Å². The second kappa shape index (κ2) is 23.9. The van der Waals surface area contributed by atoms with E-state index in [-0.39, 0.29) is 36.0 Å². The van der Waals surface area contributed by atoms with Gasteiger partial charge in [0.2, 0.25) is 10.8 Å². The van der Waals surface area contributed by atoms with E-state index in [1.165, 1.54) is 50.5 Å². The highest BCUT2D eigenvalue weighted by molar-refractivity contribution is 5.95. The second-order valence-corrected chi connectivity index (χ2v) is 26.6. The average molecular weight is 1120 g/mol. The first-order chi connectivity index (χ1) is 39.2. The molecule has 2 aromatic heterocycles. The quantitative estimate of drug-likeness (QED) is 0.207. The van der Waals surface area contributed by atoms with Crippen molar-refractivity contribution in [2.75, 3.05) is 122 Å². The summed E-state index contributed by atoms with van der Waals surface area (Å²) in [5.41, 5.74) is 10.3. The fourth-order valence-electron chi connectivity index (χ4n) is 15.7. The summed E-state index contributed by atoms with van der Waals surface area (Å²) in [5.74, 6) is -0.390. The molecule has 444 valence electrons. The molecule has 0 unspecified atom stereocenters. The molecule has 81 heavy (non-hydrogen) atoms. The number of hydrogen-bond acceptors (Lipinski definition) is 15. The predicted molar refractivity (Wildman–Crippen MR) is 314 cm³/mol. The van der Waals surface area contributed by atoms with Crippen LogP contribution >= 0.6 is 0 Å². The minimum absolute atomic E-state index is 0.0000199. The van der Waals surface area contributed by atoms with Crippen LogP contribution in [-0.2, 0) is 41.6 Å². The Balaban J connectivity index is 0.929. The van der Waals surface area contributed by atoms with E-state index in [0.717, 1.165) is 110 Å². The van der Waals surface area contributed by atoms with Crippen molar-refractivity contribution in [1.29, 1.82) is 0 Å². The number of hydrazine groups is 1. The Kier molecular flexibility index (Phi) is 16.8. The van der Waals surface area contributed by atoms with Crippen molar-refractivity contribution in [3.8, 4) is 11.3 Å². The lowest BCUT2D eigenvalue weighted by Gasteiger charge is -2.58. The molecule has 2 aliphatic carbocycles. The van der Waals surface area contributed by atoms with Crippen LogP contribution in [0.4, 0.5) is 11.4 Å². The third-order valence-corrected chi connectivity index (χ3v) is 20.2. The van der Waals surface area contributed by atoms with Gasteiger partial charge in [-0.15, -0.1) is 0 Å². The Morgan fingerprint density at radius 2 is 1.62 bits per heavy atom. The number of fused-ring (bicyclic) bond motifs is 6. The highest BCUT2D eigenvalue weighted by Crippen LogP contribution is 2.45. The molecule has 9 heterocycles.